The molecule has 1 amide bonds. The highest BCUT2D eigenvalue weighted by atomic mass is 19.1. The van der Waals surface area contributed by atoms with Gasteiger partial charge in [0.2, 0.25) is 0 Å². The van der Waals surface area contributed by atoms with Crippen molar-refractivity contribution in [3.63, 3.8) is 0 Å². The van der Waals surface area contributed by atoms with Gasteiger partial charge in [-0.05, 0) is 64.7 Å². The number of piperidine rings is 1. The zero-order valence-corrected chi connectivity index (χ0v) is 15.3. The Kier molecular flexibility index (Phi) is 4.74. The Morgan fingerprint density at radius 1 is 1.19 bits per heavy atom. The molecule has 2 unspecified atom stereocenters. The molecule has 1 aromatic rings. The van der Waals surface area contributed by atoms with E-state index in [0.717, 1.165) is 18.9 Å². The SMILES string of the molecule is CC(C)(C)OC(=O)N1C2CCC1CC(C(=O)c1cc(F)cc(C#N)c1)C2. The molecule has 2 aliphatic heterocycles. The summed E-state index contributed by atoms with van der Waals surface area (Å²) in [6.45, 7) is 5.50. The lowest BCUT2D eigenvalue weighted by Crippen LogP contribution is -2.49. The van der Waals surface area contributed by atoms with Crippen LogP contribution in [0.1, 0.15) is 62.4 Å². The number of hydrogen-bond acceptors (Lipinski definition) is 4. The zero-order valence-electron chi connectivity index (χ0n) is 15.3. The normalized spacial score (nSPS) is 24.9. The van der Waals surface area contributed by atoms with Crippen LogP contribution in [0.5, 0.6) is 0 Å². The number of amides is 1. The standard InChI is InChI=1S/C20H23FN2O3/c1-20(2,3)26-19(25)23-16-4-5-17(23)10-14(9-16)18(24)13-6-12(11-22)7-15(21)8-13/h6-8,14,16-17H,4-5,9-10H2,1-3H3. The van der Waals surface area contributed by atoms with Gasteiger partial charge >= 0.3 is 6.09 Å². The first-order valence-corrected chi connectivity index (χ1v) is 8.94. The van der Waals surface area contributed by atoms with Crippen LogP contribution in [0.3, 0.4) is 0 Å². The van der Waals surface area contributed by atoms with E-state index in [4.69, 9.17) is 10.00 Å². The van der Waals surface area contributed by atoms with Crippen LogP contribution < -0.4 is 0 Å². The molecule has 0 N–H and O–H groups in total. The largest absolute Gasteiger partial charge is 0.444 e. The molecule has 138 valence electrons. The van der Waals surface area contributed by atoms with E-state index < -0.39 is 11.4 Å². The van der Waals surface area contributed by atoms with Crippen LogP contribution in [0, 0.1) is 23.1 Å². The maximum atomic E-state index is 13.7. The minimum absolute atomic E-state index is 0.0263. The molecule has 2 saturated heterocycles. The van der Waals surface area contributed by atoms with Gasteiger partial charge in [0.25, 0.3) is 0 Å². The number of carbonyl (C=O) groups excluding carboxylic acids is 2. The highest BCUT2D eigenvalue weighted by Gasteiger charge is 2.46. The molecule has 0 aliphatic carbocycles. The van der Waals surface area contributed by atoms with E-state index in [-0.39, 0.29) is 41.0 Å². The second-order valence-electron chi connectivity index (χ2n) is 8.15. The molecule has 2 heterocycles. The fourth-order valence-electron chi connectivity index (χ4n) is 4.04. The molecule has 0 saturated carbocycles. The summed E-state index contributed by atoms with van der Waals surface area (Å²) in [6, 6.07) is 5.57. The summed E-state index contributed by atoms with van der Waals surface area (Å²) in [5.41, 5.74) is -0.183. The van der Waals surface area contributed by atoms with Crippen molar-refractivity contribution in [3.8, 4) is 6.07 Å². The van der Waals surface area contributed by atoms with Crippen molar-refractivity contribution >= 4 is 11.9 Å². The van der Waals surface area contributed by atoms with E-state index in [0.29, 0.717) is 12.8 Å². The Labute approximate surface area is 152 Å². The number of nitrogens with zero attached hydrogens (tertiary/aromatic N) is 2. The molecule has 26 heavy (non-hydrogen) atoms. The average molecular weight is 358 g/mol. The van der Waals surface area contributed by atoms with Crippen LogP contribution in [0.25, 0.3) is 0 Å². The van der Waals surface area contributed by atoms with Crippen LogP contribution >= 0.6 is 0 Å². The number of rotatable bonds is 2. The lowest BCUT2D eigenvalue weighted by Gasteiger charge is -2.39. The second-order valence-corrected chi connectivity index (χ2v) is 8.15. The number of nitriles is 1. The summed E-state index contributed by atoms with van der Waals surface area (Å²) in [5.74, 6) is -0.997. The average Bonchev–Trinajstić information content (AvgIpc) is 2.82. The van der Waals surface area contributed by atoms with Crippen molar-refractivity contribution in [2.45, 2.75) is 64.1 Å². The summed E-state index contributed by atoms with van der Waals surface area (Å²) >= 11 is 0. The van der Waals surface area contributed by atoms with Crippen LogP contribution in [0.4, 0.5) is 9.18 Å². The van der Waals surface area contributed by atoms with Crippen molar-refractivity contribution in [3.05, 3.63) is 35.1 Å². The smallest absolute Gasteiger partial charge is 0.410 e. The molecule has 2 bridgehead atoms. The molecule has 1 aromatic carbocycles. The predicted octanol–water partition coefficient (Wildman–Crippen LogP) is 4.06. The number of fused-ring (bicyclic) bond motifs is 2. The van der Waals surface area contributed by atoms with Gasteiger partial charge in [0.15, 0.2) is 5.78 Å². The topological polar surface area (TPSA) is 70.4 Å². The predicted molar refractivity (Wildman–Crippen MR) is 93.1 cm³/mol. The first-order valence-electron chi connectivity index (χ1n) is 8.94. The van der Waals surface area contributed by atoms with Crippen LogP contribution in [0.15, 0.2) is 18.2 Å². The van der Waals surface area contributed by atoms with Gasteiger partial charge in [-0.25, -0.2) is 9.18 Å². The molecule has 5 nitrogen and oxygen atoms in total. The van der Waals surface area contributed by atoms with Gasteiger partial charge in [0.05, 0.1) is 11.6 Å². The van der Waals surface area contributed by atoms with E-state index >= 15 is 0 Å². The van der Waals surface area contributed by atoms with Crippen molar-refractivity contribution in [2.24, 2.45) is 5.92 Å². The summed E-state index contributed by atoms with van der Waals surface area (Å²) in [4.78, 5) is 27.1. The third kappa shape index (κ3) is 3.72. The van der Waals surface area contributed by atoms with Crippen molar-refractivity contribution < 1.29 is 18.7 Å². The Bertz CT molecular complexity index is 764. The molecule has 2 atom stereocenters. The Morgan fingerprint density at radius 2 is 1.81 bits per heavy atom. The van der Waals surface area contributed by atoms with Gasteiger partial charge in [-0.15, -0.1) is 0 Å². The lowest BCUT2D eigenvalue weighted by molar-refractivity contribution is 0.00254. The minimum atomic E-state index is -0.582. The van der Waals surface area contributed by atoms with Gasteiger partial charge in [0.1, 0.15) is 11.4 Å². The highest BCUT2D eigenvalue weighted by Crippen LogP contribution is 2.40. The van der Waals surface area contributed by atoms with E-state index in [2.05, 4.69) is 0 Å². The van der Waals surface area contributed by atoms with Gasteiger partial charge in [-0.1, -0.05) is 0 Å². The summed E-state index contributed by atoms with van der Waals surface area (Å²) in [6.07, 6.45) is 2.47. The fourth-order valence-corrected chi connectivity index (χ4v) is 4.04. The molecule has 0 radical (unpaired) electrons. The molecule has 6 heteroatoms. The highest BCUT2D eigenvalue weighted by molar-refractivity contribution is 5.98. The van der Waals surface area contributed by atoms with Crippen LogP contribution in [-0.2, 0) is 4.74 Å². The third-order valence-corrected chi connectivity index (χ3v) is 5.02. The number of ether oxygens (including phenoxy) is 1. The number of ketones is 1. The summed E-state index contributed by atoms with van der Waals surface area (Å²) in [7, 11) is 0. The van der Waals surface area contributed by atoms with E-state index in [1.807, 2.05) is 26.8 Å². The number of Topliss-reactive ketones (excluding diaryl/α,β-unsaturated/α-hetero) is 1. The van der Waals surface area contributed by atoms with E-state index in [1.165, 1.54) is 12.1 Å². The van der Waals surface area contributed by atoms with Gasteiger partial charge in [0, 0.05) is 23.6 Å². The molecule has 0 spiro atoms. The van der Waals surface area contributed by atoms with Gasteiger partial charge in [-0.3, -0.25) is 4.79 Å². The number of benzene rings is 1. The van der Waals surface area contributed by atoms with E-state index in [1.54, 1.807) is 4.90 Å². The maximum Gasteiger partial charge on any atom is 0.410 e. The Balaban J connectivity index is 1.75. The first-order chi connectivity index (χ1) is 12.2. The van der Waals surface area contributed by atoms with Crippen molar-refractivity contribution in [2.75, 3.05) is 0 Å². The van der Waals surface area contributed by atoms with Crippen molar-refractivity contribution in [1.82, 2.24) is 4.90 Å². The molecular weight excluding hydrogens is 335 g/mol. The number of halogens is 1. The minimum Gasteiger partial charge on any atom is -0.444 e. The van der Waals surface area contributed by atoms with Gasteiger partial charge < -0.3 is 9.64 Å². The maximum absolute atomic E-state index is 13.7. The van der Waals surface area contributed by atoms with Crippen LogP contribution in [0.2, 0.25) is 0 Å². The monoisotopic (exact) mass is 358 g/mol. The molecule has 0 aromatic heterocycles. The van der Waals surface area contributed by atoms with Gasteiger partial charge in [-0.2, -0.15) is 5.26 Å². The number of hydrogen-bond donors (Lipinski definition) is 0. The lowest BCUT2D eigenvalue weighted by atomic mass is 9.84. The fraction of sp³-hybridized carbons (Fsp3) is 0.550. The Hall–Kier alpha value is -2.42. The molecule has 2 fully saturated rings. The second kappa shape index (κ2) is 6.71. The molecule has 2 aliphatic rings. The molecule has 3 rings (SSSR count). The zero-order chi connectivity index (χ0) is 19.1. The van der Waals surface area contributed by atoms with Crippen molar-refractivity contribution in [1.29, 1.82) is 5.26 Å². The summed E-state index contributed by atoms with van der Waals surface area (Å²) in [5, 5.41) is 8.98. The first kappa shape index (κ1) is 18.4. The Morgan fingerprint density at radius 3 is 2.35 bits per heavy atom. The quantitative estimate of drug-likeness (QED) is 0.748. The summed E-state index contributed by atoms with van der Waals surface area (Å²) < 4.78 is 19.2. The number of carbonyl (C=O) groups is 2. The van der Waals surface area contributed by atoms with Crippen LogP contribution in [-0.4, -0.2) is 34.5 Å². The molecular formula is C20H23FN2O3. The third-order valence-electron chi connectivity index (χ3n) is 5.02. The van der Waals surface area contributed by atoms with E-state index in [9.17, 15) is 14.0 Å².